The van der Waals surface area contributed by atoms with Crippen LogP contribution < -0.4 is 4.90 Å². The molecule has 1 N–H and O–H groups in total. The average molecular weight is 306 g/mol. The molecule has 21 heavy (non-hydrogen) atoms. The molecule has 0 radical (unpaired) electrons. The van der Waals surface area contributed by atoms with Gasteiger partial charge in [-0.2, -0.15) is 11.8 Å². The van der Waals surface area contributed by atoms with Gasteiger partial charge in [0.1, 0.15) is 6.04 Å². The van der Waals surface area contributed by atoms with Gasteiger partial charge in [0.15, 0.2) is 0 Å². The van der Waals surface area contributed by atoms with Crippen LogP contribution in [-0.2, 0) is 11.2 Å². The van der Waals surface area contributed by atoms with E-state index >= 15 is 0 Å². The van der Waals surface area contributed by atoms with Crippen LogP contribution in [0, 0.1) is 0 Å². The van der Waals surface area contributed by atoms with E-state index in [1.165, 1.54) is 4.90 Å². The number of carbonyl (C=O) groups excluding carboxylic acids is 1. The fraction of sp³-hybridized carbons (Fsp3) is 0.467. The summed E-state index contributed by atoms with van der Waals surface area (Å²) in [6, 6.07) is 6.99. The van der Waals surface area contributed by atoms with Crippen molar-refractivity contribution in [3.63, 3.8) is 0 Å². The van der Waals surface area contributed by atoms with Crippen LogP contribution in [0.25, 0.3) is 0 Å². The number of fused-ring (bicyclic) bond motifs is 1. The minimum absolute atomic E-state index is 0.171. The first-order valence-corrected chi connectivity index (χ1v) is 8.30. The highest BCUT2D eigenvalue weighted by Crippen LogP contribution is 2.29. The number of para-hydroxylation sites is 1. The monoisotopic (exact) mass is 306 g/mol. The van der Waals surface area contributed by atoms with E-state index < -0.39 is 12.0 Å². The number of carboxylic acid groups (broad SMARTS) is 1. The first-order chi connectivity index (χ1) is 10.2. The molecule has 112 valence electrons. The van der Waals surface area contributed by atoms with E-state index in [1.807, 2.05) is 24.3 Å². The summed E-state index contributed by atoms with van der Waals surface area (Å²) in [4.78, 5) is 27.4. The Morgan fingerprint density at radius 1 is 1.24 bits per heavy atom. The standard InChI is InChI=1S/C15H18N2O3S/c18-14(19)13-10-21-9-8-17(13)15(20)16-7-3-5-11-4-1-2-6-12(11)16/h1-2,4,6,13H,3,5,7-10H2,(H,18,19). The Morgan fingerprint density at radius 2 is 2.05 bits per heavy atom. The van der Waals surface area contributed by atoms with Gasteiger partial charge < -0.3 is 10.0 Å². The molecule has 5 nitrogen and oxygen atoms in total. The van der Waals surface area contributed by atoms with Gasteiger partial charge in [-0.1, -0.05) is 18.2 Å². The third-order valence-electron chi connectivity index (χ3n) is 4.00. The number of anilines is 1. The Bertz CT molecular complexity index is 564. The number of benzene rings is 1. The van der Waals surface area contributed by atoms with Crippen LogP contribution in [0.5, 0.6) is 0 Å². The summed E-state index contributed by atoms with van der Waals surface area (Å²) in [6.45, 7) is 1.16. The number of thioether (sulfide) groups is 1. The number of amides is 2. The van der Waals surface area contributed by atoms with E-state index in [4.69, 9.17) is 0 Å². The summed E-state index contributed by atoms with van der Waals surface area (Å²) in [7, 11) is 0. The van der Waals surface area contributed by atoms with E-state index in [9.17, 15) is 14.7 Å². The molecule has 3 rings (SSSR count). The second kappa shape index (κ2) is 5.97. The highest BCUT2D eigenvalue weighted by Gasteiger charge is 2.36. The second-order valence-electron chi connectivity index (χ2n) is 5.29. The number of carbonyl (C=O) groups is 2. The van der Waals surface area contributed by atoms with Crippen molar-refractivity contribution in [3.8, 4) is 0 Å². The van der Waals surface area contributed by atoms with Gasteiger partial charge in [0.25, 0.3) is 0 Å². The lowest BCUT2D eigenvalue weighted by molar-refractivity contribution is -0.141. The summed E-state index contributed by atoms with van der Waals surface area (Å²) in [6.07, 6.45) is 1.89. The molecule has 2 aliphatic heterocycles. The smallest absolute Gasteiger partial charge is 0.327 e. The number of carboxylic acids is 1. The lowest BCUT2D eigenvalue weighted by Gasteiger charge is -2.38. The van der Waals surface area contributed by atoms with Crippen molar-refractivity contribution in [3.05, 3.63) is 29.8 Å². The summed E-state index contributed by atoms with van der Waals surface area (Å²) in [5, 5.41) is 9.33. The maximum atomic E-state index is 12.8. The molecule has 0 aliphatic carbocycles. The van der Waals surface area contributed by atoms with Crippen LogP contribution in [0.1, 0.15) is 12.0 Å². The lowest BCUT2D eigenvalue weighted by Crippen LogP contribution is -2.55. The number of aryl methyl sites for hydroxylation is 1. The van der Waals surface area contributed by atoms with Gasteiger partial charge >= 0.3 is 12.0 Å². The average Bonchev–Trinajstić information content (AvgIpc) is 2.53. The zero-order valence-corrected chi connectivity index (χ0v) is 12.5. The molecular formula is C15H18N2O3S. The molecule has 0 aromatic heterocycles. The largest absolute Gasteiger partial charge is 0.480 e. The summed E-state index contributed by atoms with van der Waals surface area (Å²) in [5.41, 5.74) is 2.09. The molecule has 1 aromatic carbocycles. The SMILES string of the molecule is O=C(O)C1CSCCN1C(=O)N1CCCc2ccccc21. The first kappa shape index (κ1) is 14.3. The topological polar surface area (TPSA) is 60.9 Å². The Kier molecular flexibility index (Phi) is 4.05. The van der Waals surface area contributed by atoms with Crippen molar-refractivity contribution in [2.75, 3.05) is 29.5 Å². The predicted octanol–water partition coefficient (Wildman–Crippen LogP) is 2.06. The quantitative estimate of drug-likeness (QED) is 0.863. The summed E-state index contributed by atoms with van der Waals surface area (Å²) >= 11 is 1.59. The summed E-state index contributed by atoms with van der Waals surface area (Å²) in [5.74, 6) is 0.350. The van der Waals surface area contributed by atoms with Crippen LogP contribution in [-0.4, -0.2) is 52.6 Å². The molecule has 1 fully saturated rings. The van der Waals surface area contributed by atoms with Crippen LogP contribution in [0.2, 0.25) is 0 Å². The van der Waals surface area contributed by atoms with Gasteiger partial charge in [-0.25, -0.2) is 9.59 Å². The number of urea groups is 1. The van der Waals surface area contributed by atoms with E-state index in [1.54, 1.807) is 16.7 Å². The van der Waals surface area contributed by atoms with Gasteiger partial charge in [-0.15, -0.1) is 0 Å². The second-order valence-corrected chi connectivity index (χ2v) is 6.44. The zero-order chi connectivity index (χ0) is 14.8. The Morgan fingerprint density at radius 3 is 2.86 bits per heavy atom. The van der Waals surface area contributed by atoms with Crippen molar-refractivity contribution >= 4 is 29.4 Å². The number of aliphatic carboxylic acids is 1. The fourth-order valence-corrected chi connectivity index (χ4v) is 3.96. The van der Waals surface area contributed by atoms with Crippen LogP contribution >= 0.6 is 11.8 Å². The molecule has 2 amide bonds. The van der Waals surface area contributed by atoms with Crippen molar-refractivity contribution in [2.24, 2.45) is 0 Å². The van der Waals surface area contributed by atoms with E-state index in [0.717, 1.165) is 29.8 Å². The minimum Gasteiger partial charge on any atom is -0.480 e. The van der Waals surface area contributed by atoms with Crippen LogP contribution in [0.15, 0.2) is 24.3 Å². The lowest BCUT2D eigenvalue weighted by atomic mass is 10.0. The van der Waals surface area contributed by atoms with Crippen molar-refractivity contribution in [1.29, 1.82) is 0 Å². The molecule has 2 aliphatic rings. The maximum absolute atomic E-state index is 12.8. The molecular weight excluding hydrogens is 288 g/mol. The molecule has 0 saturated carbocycles. The Balaban J connectivity index is 1.86. The van der Waals surface area contributed by atoms with Crippen LogP contribution in [0.4, 0.5) is 10.5 Å². The van der Waals surface area contributed by atoms with Crippen molar-refractivity contribution < 1.29 is 14.7 Å². The molecule has 6 heteroatoms. The van der Waals surface area contributed by atoms with Crippen LogP contribution in [0.3, 0.4) is 0 Å². The highest BCUT2D eigenvalue weighted by molar-refractivity contribution is 7.99. The number of nitrogens with zero attached hydrogens (tertiary/aromatic N) is 2. The minimum atomic E-state index is -0.916. The zero-order valence-electron chi connectivity index (χ0n) is 11.7. The Labute approximate surface area is 127 Å². The van der Waals surface area contributed by atoms with E-state index in [0.29, 0.717) is 18.8 Å². The maximum Gasteiger partial charge on any atom is 0.327 e. The first-order valence-electron chi connectivity index (χ1n) is 7.15. The highest BCUT2D eigenvalue weighted by atomic mass is 32.2. The van der Waals surface area contributed by atoms with Gasteiger partial charge in [0.2, 0.25) is 0 Å². The van der Waals surface area contributed by atoms with Crippen molar-refractivity contribution in [2.45, 2.75) is 18.9 Å². The molecule has 1 aromatic rings. The molecule has 1 saturated heterocycles. The third kappa shape index (κ3) is 2.72. The van der Waals surface area contributed by atoms with E-state index in [2.05, 4.69) is 0 Å². The van der Waals surface area contributed by atoms with E-state index in [-0.39, 0.29) is 6.03 Å². The normalized spacial score (nSPS) is 21.8. The van der Waals surface area contributed by atoms with Gasteiger partial charge in [-0.05, 0) is 24.5 Å². The summed E-state index contributed by atoms with van der Waals surface area (Å²) < 4.78 is 0. The fourth-order valence-electron chi connectivity index (χ4n) is 2.92. The molecule has 0 spiro atoms. The van der Waals surface area contributed by atoms with Gasteiger partial charge in [0.05, 0.1) is 0 Å². The third-order valence-corrected chi connectivity index (χ3v) is 5.02. The molecule has 0 bridgehead atoms. The molecule has 1 atom stereocenters. The number of hydrogen-bond donors (Lipinski definition) is 1. The van der Waals surface area contributed by atoms with Crippen molar-refractivity contribution in [1.82, 2.24) is 4.90 Å². The molecule has 2 heterocycles. The number of hydrogen-bond acceptors (Lipinski definition) is 3. The molecule has 1 unspecified atom stereocenters. The number of rotatable bonds is 1. The van der Waals surface area contributed by atoms with Gasteiger partial charge in [-0.3, -0.25) is 4.90 Å². The predicted molar refractivity (Wildman–Crippen MR) is 83.0 cm³/mol. The Hall–Kier alpha value is -1.69. The van der Waals surface area contributed by atoms with Gasteiger partial charge in [0, 0.05) is 30.3 Å².